The van der Waals surface area contributed by atoms with Gasteiger partial charge in [-0.05, 0) is 31.0 Å². The first-order chi connectivity index (χ1) is 7.34. The normalized spacial score (nSPS) is 17.7. The second kappa shape index (κ2) is 3.63. The second-order valence-electron chi connectivity index (χ2n) is 4.19. The quantitative estimate of drug-likeness (QED) is 0.771. The fraction of sp³-hybridized carbons (Fsp3) is 0.417. The van der Waals surface area contributed by atoms with E-state index < -0.39 is 0 Å². The van der Waals surface area contributed by atoms with Crippen molar-refractivity contribution in [2.75, 3.05) is 0 Å². The summed E-state index contributed by atoms with van der Waals surface area (Å²) in [5.74, 6) is 0.612. The van der Waals surface area contributed by atoms with E-state index in [0.717, 1.165) is 15.7 Å². The topological polar surface area (TPSA) is 26.0 Å². The van der Waals surface area contributed by atoms with Gasteiger partial charge in [0.25, 0.3) is 0 Å². The highest BCUT2D eigenvalue weighted by molar-refractivity contribution is 9.10. The molecule has 1 saturated carbocycles. The summed E-state index contributed by atoms with van der Waals surface area (Å²) in [4.78, 5) is 0. The van der Waals surface area contributed by atoms with Gasteiger partial charge in [-0.15, -0.1) is 0 Å². The SMILES string of the molecule is Brc1ccc2onc(C3CCCC3)c2c1. The van der Waals surface area contributed by atoms with Gasteiger partial charge in [-0.25, -0.2) is 0 Å². The zero-order valence-electron chi connectivity index (χ0n) is 8.37. The summed E-state index contributed by atoms with van der Waals surface area (Å²) in [6.07, 6.45) is 5.17. The van der Waals surface area contributed by atoms with Crippen molar-refractivity contribution in [2.24, 2.45) is 0 Å². The Balaban J connectivity index is 2.13. The Morgan fingerprint density at radius 1 is 1.27 bits per heavy atom. The van der Waals surface area contributed by atoms with Crippen molar-refractivity contribution >= 4 is 26.9 Å². The second-order valence-corrected chi connectivity index (χ2v) is 5.11. The van der Waals surface area contributed by atoms with E-state index in [1.54, 1.807) is 0 Å². The molecular weight excluding hydrogens is 254 g/mol. The van der Waals surface area contributed by atoms with Gasteiger partial charge in [0.2, 0.25) is 0 Å². The van der Waals surface area contributed by atoms with Gasteiger partial charge in [0.15, 0.2) is 5.58 Å². The molecule has 1 aliphatic rings. The third-order valence-electron chi connectivity index (χ3n) is 3.20. The first-order valence-electron chi connectivity index (χ1n) is 5.39. The van der Waals surface area contributed by atoms with Crippen molar-refractivity contribution in [3.05, 3.63) is 28.4 Å². The standard InChI is InChI=1S/C12H12BrNO/c13-9-5-6-11-10(7-9)12(14-15-11)8-3-1-2-4-8/h5-8H,1-4H2. The van der Waals surface area contributed by atoms with Crippen LogP contribution < -0.4 is 0 Å². The average Bonchev–Trinajstić information content (AvgIpc) is 2.83. The Bertz CT molecular complexity index is 485. The van der Waals surface area contributed by atoms with Crippen LogP contribution in [0.3, 0.4) is 0 Å². The molecule has 1 aromatic heterocycles. The maximum Gasteiger partial charge on any atom is 0.167 e. The lowest BCUT2D eigenvalue weighted by Crippen LogP contribution is -1.92. The lowest BCUT2D eigenvalue weighted by molar-refractivity contribution is 0.437. The van der Waals surface area contributed by atoms with E-state index in [1.807, 2.05) is 12.1 Å². The van der Waals surface area contributed by atoms with Crippen LogP contribution in [0.4, 0.5) is 0 Å². The molecule has 3 rings (SSSR count). The van der Waals surface area contributed by atoms with Gasteiger partial charge in [0.1, 0.15) is 0 Å². The van der Waals surface area contributed by atoms with Crippen LogP contribution in [0.1, 0.15) is 37.3 Å². The summed E-state index contributed by atoms with van der Waals surface area (Å²) >= 11 is 3.49. The molecular formula is C12H12BrNO. The lowest BCUT2D eigenvalue weighted by atomic mass is 10.0. The Morgan fingerprint density at radius 3 is 2.87 bits per heavy atom. The van der Waals surface area contributed by atoms with E-state index in [-0.39, 0.29) is 0 Å². The van der Waals surface area contributed by atoms with Crippen molar-refractivity contribution in [3.8, 4) is 0 Å². The molecule has 0 spiro atoms. The van der Waals surface area contributed by atoms with Gasteiger partial charge < -0.3 is 4.52 Å². The van der Waals surface area contributed by atoms with E-state index in [2.05, 4.69) is 27.2 Å². The van der Waals surface area contributed by atoms with E-state index in [9.17, 15) is 0 Å². The first kappa shape index (κ1) is 9.40. The van der Waals surface area contributed by atoms with Crippen molar-refractivity contribution < 1.29 is 4.52 Å². The van der Waals surface area contributed by atoms with Gasteiger partial charge >= 0.3 is 0 Å². The van der Waals surface area contributed by atoms with Crippen LogP contribution in [-0.4, -0.2) is 5.16 Å². The smallest absolute Gasteiger partial charge is 0.167 e. The van der Waals surface area contributed by atoms with Crippen molar-refractivity contribution in [1.82, 2.24) is 5.16 Å². The highest BCUT2D eigenvalue weighted by atomic mass is 79.9. The zero-order chi connectivity index (χ0) is 10.3. The number of halogens is 1. The number of nitrogens with zero attached hydrogens (tertiary/aromatic N) is 1. The van der Waals surface area contributed by atoms with Crippen LogP contribution in [0, 0.1) is 0 Å². The Hall–Kier alpha value is -0.830. The number of benzene rings is 1. The Morgan fingerprint density at radius 2 is 2.07 bits per heavy atom. The molecule has 1 fully saturated rings. The predicted molar refractivity (Wildman–Crippen MR) is 62.9 cm³/mol. The van der Waals surface area contributed by atoms with E-state index in [4.69, 9.17) is 4.52 Å². The van der Waals surface area contributed by atoms with Crippen LogP contribution in [0.15, 0.2) is 27.2 Å². The minimum atomic E-state index is 0.612. The van der Waals surface area contributed by atoms with Gasteiger partial charge in [-0.2, -0.15) is 0 Å². The number of aromatic nitrogens is 1. The molecule has 0 amide bonds. The van der Waals surface area contributed by atoms with Gasteiger partial charge in [0, 0.05) is 15.8 Å². The van der Waals surface area contributed by atoms with E-state index >= 15 is 0 Å². The zero-order valence-corrected chi connectivity index (χ0v) is 9.96. The van der Waals surface area contributed by atoms with Crippen LogP contribution in [0.25, 0.3) is 11.0 Å². The average molecular weight is 266 g/mol. The van der Waals surface area contributed by atoms with Crippen LogP contribution in [0.5, 0.6) is 0 Å². The van der Waals surface area contributed by atoms with E-state index in [1.165, 1.54) is 31.1 Å². The van der Waals surface area contributed by atoms with Crippen molar-refractivity contribution in [1.29, 1.82) is 0 Å². The molecule has 0 atom stereocenters. The molecule has 1 aromatic carbocycles. The van der Waals surface area contributed by atoms with E-state index in [0.29, 0.717) is 5.92 Å². The summed E-state index contributed by atoms with van der Waals surface area (Å²) in [6.45, 7) is 0. The fourth-order valence-electron chi connectivity index (χ4n) is 2.42. The summed E-state index contributed by atoms with van der Waals surface area (Å²) in [5, 5.41) is 5.40. The third-order valence-corrected chi connectivity index (χ3v) is 3.70. The molecule has 78 valence electrons. The predicted octanol–water partition coefficient (Wildman–Crippen LogP) is 4.25. The molecule has 1 heterocycles. The summed E-state index contributed by atoms with van der Waals surface area (Å²) in [5.41, 5.74) is 2.06. The van der Waals surface area contributed by atoms with Gasteiger partial charge in [0.05, 0.1) is 5.69 Å². The summed E-state index contributed by atoms with van der Waals surface area (Å²) < 4.78 is 6.44. The van der Waals surface area contributed by atoms with Gasteiger partial charge in [-0.3, -0.25) is 0 Å². The largest absolute Gasteiger partial charge is 0.356 e. The van der Waals surface area contributed by atoms with Crippen molar-refractivity contribution in [2.45, 2.75) is 31.6 Å². The lowest BCUT2D eigenvalue weighted by Gasteiger charge is -2.03. The maximum atomic E-state index is 5.35. The highest BCUT2D eigenvalue weighted by Crippen LogP contribution is 2.37. The van der Waals surface area contributed by atoms with Crippen LogP contribution in [-0.2, 0) is 0 Å². The minimum Gasteiger partial charge on any atom is -0.356 e. The molecule has 2 aromatic rings. The number of hydrogen-bond acceptors (Lipinski definition) is 2. The highest BCUT2D eigenvalue weighted by Gasteiger charge is 2.22. The molecule has 0 bridgehead atoms. The number of fused-ring (bicyclic) bond motifs is 1. The minimum absolute atomic E-state index is 0.612. The van der Waals surface area contributed by atoms with Gasteiger partial charge in [-0.1, -0.05) is 33.9 Å². The summed E-state index contributed by atoms with van der Waals surface area (Å²) in [7, 11) is 0. The summed E-state index contributed by atoms with van der Waals surface area (Å²) in [6, 6.07) is 6.08. The van der Waals surface area contributed by atoms with Crippen molar-refractivity contribution in [3.63, 3.8) is 0 Å². The monoisotopic (exact) mass is 265 g/mol. The molecule has 3 heteroatoms. The molecule has 2 nitrogen and oxygen atoms in total. The Kier molecular flexibility index (Phi) is 2.28. The first-order valence-corrected chi connectivity index (χ1v) is 6.19. The molecule has 0 radical (unpaired) electrons. The molecule has 0 N–H and O–H groups in total. The maximum absolute atomic E-state index is 5.35. The molecule has 1 aliphatic carbocycles. The van der Waals surface area contributed by atoms with Crippen LogP contribution >= 0.6 is 15.9 Å². The molecule has 0 saturated heterocycles. The van der Waals surface area contributed by atoms with Crippen LogP contribution in [0.2, 0.25) is 0 Å². The number of rotatable bonds is 1. The molecule has 0 aliphatic heterocycles. The Labute approximate surface area is 96.8 Å². The molecule has 15 heavy (non-hydrogen) atoms. The number of hydrogen-bond donors (Lipinski definition) is 0. The fourth-order valence-corrected chi connectivity index (χ4v) is 2.78. The third kappa shape index (κ3) is 1.59. The molecule has 0 unspecified atom stereocenters.